The van der Waals surface area contributed by atoms with E-state index >= 15 is 0 Å². The monoisotopic (exact) mass is 362 g/mol. The molecule has 0 bridgehead atoms. The van der Waals surface area contributed by atoms with E-state index in [1.807, 2.05) is 0 Å². The second-order valence-corrected chi connectivity index (χ2v) is 7.56. The molecule has 5 nitrogen and oxygen atoms in total. The van der Waals surface area contributed by atoms with Crippen molar-refractivity contribution in [3.05, 3.63) is 11.6 Å². The average Bonchev–Trinajstić information content (AvgIpc) is 3.14. The average molecular weight is 363 g/mol. The Morgan fingerprint density at radius 3 is 2.12 bits per heavy atom. The molecule has 0 saturated carbocycles. The van der Waals surface area contributed by atoms with E-state index in [9.17, 15) is 0 Å². The van der Waals surface area contributed by atoms with Crippen LogP contribution in [0.3, 0.4) is 0 Å². The lowest BCUT2D eigenvalue weighted by atomic mass is 9.95. The SMILES string of the molecule is CCCCCCCCC(CCCCCC)COC1=C2N=CNC2NC=N1. The van der Waals surface area contributed by atoms with Gasteiger partial charge in [0.05, 0.1) is 19.3 Å². The number of unbranched alkanes of at least 4 members (excludes halogenated alkanes) is 8. The van der Waals surface area contributed by atoms with Gasteiger partial charge in [0.1, 0.15) is 11.9 Å². The largest absolute Gasteiger partial charge is 0.476 e. The maximum atomic E-state index is 6.10. The van der Waals surface area contributed by atoms with E-state index in [1.165, 1.54) is 77.0 Å². The van der Waals surface area contributed by atoms with Crippen LogP contribution in [0.4, 0.5) is 0 Å². The van der Waals surface area contributed by atoms with Crippen molar-refractivity contribution in [2.24, 2.45) is 15.9 Å². The van der Waals surface area contributed by atoms with Crippen LogP contribution in [0, 0.1) is 5.92 Å². The van der Waals surface area contributed by atoms with Gasteiger partial charge in [-0.25, -0.2) is 9.98 Å². The molecule has 0 aromatic rings. The lowest BCUT2D eigenvalue weighted by molar-refractivity contribution is 0.145. The van der Waals surface area contributed by atoms with Gasteiger partial charge < -0.3 is 15.4 Å². The quantitative estimate of drug-likeness (QED) is 0.399. The van der Waals surface area contributed by atoms with E-state index in [1.54, 1.807) is 12.7 Å². The smallest absolute Gasteiger partial charge is 0.241 e. The highest BCUT2D eigenvalue weighted by atomic mass is 16.5. The molecule has 0 saturated heterocycles. The third kappa shape index (κ3) is 7.38. The zero-order valence-corrected chi connectivity index (χ0v) is 16.8. The van der Waals surface area contributed by atoms with Crippen molar-refractivity contribution in [3.8, 4) is 0 Å². The van der Waals surface area contributed by atoms with E-state index in [2.05, 4.69) is 34.5 Å². The maximum Gasteiger partial charge on any atom is 0.241 e. The summed E-state index contributed by atoms with van der Waals surface area (Å²) in [7, 11) is 0. The molecule has 5 heteroatoms. The van der Waals surface area contributed by atoms with E-state index in [0.29, 0.717) is 11.8 Å². The summed E-state index contributed by atoms with van der Waals surface area (Å²) in [5, 5.41) is 6.29. The normalized spacial score (nSPS) is 19.2. The molecule has 2 rings (SSSR count). The molecule has 2 heterocycles. The molecule has 0 spiro atoms. The van der Waals surface area contributed by atoms with Gasteiger partial charge >= 0.3 is 0 Å². The van der Waals surface area contributed by atoms with Crippen LogP contribution in [-0.4, -0.2) is 25.4 Å². The summed E-state index contributed by atoms with van der Waals surface area (Å²) < 4.78 is 6.10. The first-order valence-electron chi connectivity index (χ1n) is 10.8. The zero-order valence-electron chi connectivity index (χ0n) is 16.8. The Labute approximate surface area is 159 Å². The molecule has 0 fully saturated rings. The van der Waals surface area contributed by atoms with Crippen LogP contribution in [0.2, 0.25) is 0 Å². The van der Waals surface area contributed by atoms with Crippen LogP contribution in [-0.2, 0) is 4.74 Å². The lowest BCUT2D eigenvalue weighted by Gasteiger charge is -2.21. The van der Waals surface area contributed by atoms with Crippen molar-refractivity contribution in [2.75, 3.05) is 6.61 Å². The van der Waals surface area contributed by atoms with Crippen molar-refractivity contribution in [2.45, 2.75) is 97.1 Å². The number of hydrogen-bond donors (Lipinski definition) is 2. The Balaban J connectivity index is 1.75. The van der Waals surface area contributed by atoms with Gasteiger partial charge in [0.15, 0.2) is 0 Å². The minimum Gasteiger partial charge on any atom is -0.476 e. The Morgan fingerprint density at radius 2 is 1.42 bits per heavy atom. The van der Waals surface area contributed by atoms with Gasteiger partial charge in [0.25, 0.3) is 0 Å². The topological polar surface area (TPSA) is 58.0 Å². The summed E-state index contributed by atoms with van der Waals surface area (Å²) in [5.41, 5.74) is 0.872. The molecule has 2 aliphatic heterocycles. The van der Waals surface area contributed by atoms with E-state index < -0.39 is 0 Å². The molecule has 2 unspecified atom stereocenters. The van der Waals surface area contributed by atoms with E-state index in [-0.39, 0.29) is 6.17 Å². The minimum atomic E-state index is 0.0177. The number of rotatable bonds is 15. The molecular formula is C21H38N4O. The van der Waals surface area contributed by atoms with Crippen LogP contribution in [0.5, 0.6) is 0 Å². The maximum absolute atomic E-state index is 6.10. The lowest BCUT2D eigenvalue weighted by Crippen LogP contribution is -2.40. The molecule has 148 valence electrons. The standard InChI is InChI=1S/C21H38N4O/c1-3-5-7-9-10-12-14-18(13-11-8-6-4-2)15-26-21-19-20(23-16-22-19)24-17-25-21/h16-18,20H,3-15H2,1-2H3,(H,22,23)(H,24,25). The van der Waals surface area contributed by atoms with Crippen LogP contribution in [0.15, 0.2) is 21.6 Å². The van der Waals surface area contributed by atoms with Gasteiger partial charge in [0, 0.05) is 0 Å². The Morgan fingerprint density at radius 1 is 0.846 bits per heavy atom. The molecule has 0 radical (unpaired) electrons. The summed E-state index contributed by atoms with van der Waals surface area (Å²) in [6.45, 7) is 5.31. The van der Waals surface area contributed by atoms with Crippen LogP contribution < -0.4 is 10.6 Å². The van der Waals surface area contributed by atoms with Crippen molar-refractivity contribution in [1.29, 1.82) is 0 Å². The molecule has 0 aliphatic carbocycles. The van der Waals surface area contributed by atoms with Gasteiger partial charge in [-0.3, -0.25) is 0 Å². The fourth-order valence-electron chi connectivity index (χ4n) is 3.57. The van der Waals surface area contributed by atoms with Crippen molar-refractivity contribution < 1.29 is 4.74 Å². The molecule has 2 aliphatic rings. The second kappa shape index (κ2) is 12.8. The number of ether oxygens (including phenoxy) is 1. The fraction of sp³-hybridized carbons (Fsp3) is 0.810. The summed E-state index contributed by atoms with van der Waals surface area (Å²) in [6.07, 6.45) is 19.4. The predicted octanol–water partition coefficient (Wildman–Crippen LogP) is 5.10. The van der Waals surface area contributed by atoms with E-state index in [4.69, 9.17) is 4.74 Å². The van der Waals surface area contributed by atoms with Crippen molar-refractivity contribution in [3.63, 3.8) is 0 Å². The molecule has 26 heavy (non-hydrogen) atoms. The van der Waals surface area contributed by atoms with Crippen molar-refractivity contribution in [1.82, 2.24) is 10.6 Å². The van der Waals surface area contributed by atoms with Gasteiger partial charge in [-0.1, -0.05) is 78.1 Å². The first-order valence-corrected chi connectivity index (χ1v) is 10.8. The number of nitrogens with zero attached hydrogens (tertiary/aromatic N) is 2. The number of aliphatic imine (C=N–C) groups is 2. The Kier molecular flexibility index (Phi) is 10.2. The van der Waals surface area contributed by atoms with Crippen LogP contribution in [0.1, 0.15) is 90.9 Å². The highest BCUT2D eigenvalue weighted by molar-refractivity contribution is 5.68. The zero-order chi connectivity index (χ0) is 18.5. The van der Waals surface area contributed by atoms with E-state index in [0.717, 1.165) is 12.3 Å². The third-order valence-corrected chi connectivity index (χ3v) is 5.25. The van der Waals surface area contributed by atoms with Crippen LogP contribution >= 0.6 is 0 Å². The molecule has 2 N–H and O–H groups in total. The van der Waals surface area contributed by atoms with Gasteiger partial charge in [-0.05, 0) is 18.8 Å². The van der Waals surface area contributed by atoms with Crippen molar-refractivity contribution >= 4 is 12.7 Å². The van der Waals surface area contributed by atoms with Gasteiger partial charge in [-0.15, -0.1) is 0 Å². The molecule has 2 atom stereocenters. The molecule has 0 aromatic carbocycles. The predicted molar refractivity (Wildman–Crippen MR) is 110 cm³/mol. The number of fused-ring (bicyclic) bond motifs is 1. The van der Waals surface area contributed by atoms with Gasteiger partial charge in [0.2, 0.25) is 5.88 Å². The molecule has 0 amide bonds. The minimum absolute atomic E-state index is 0.0177. The first kappa shape index (κ1) is 20.8. The molecule has 0 aromatic heterocycles. The summed E-state index contributed by atoms with van der Waals surface area (Å²) >= 11 is 0. The molecular weight excluding hydrogens is 324 g/mol. The summed E-state index contributed by atoms with van der Waals surface area (Å²) in [4.78, 5) is 8.70. The number of nitrogens with one attached hydrogen (secondary N) is 2. The highest BCUT2D eigenvalue weighted by Gasteiger charge is 2.25. The number of hydrogen-bond acceptors (Lipinski definition) is 5. The highest BCUT2D eigenvalue weighted by Crippen LogP contribution is 2.23. The van der Waals surface area contributed by atoms with Crippen LogP contribution in [0.25, 0.3) is 0 Å². The second-order valence-electron chi connectivity index (χ2n) is 7.56. The Bertz CT molecular complexity index is 473. The van der Waals surface area contributed by atoms with Gasteiger partial charge in [-0.2, -0.15) is 0 Å². The first-order chi connectivity index (χ1) is 12.8. The Hall–Kier alpha value is -1.52. The third-order valence-electron chi connectivity index (χ3n) is 5.25. The summed E-state index contributed by atoms with van der Waals surface area (Å²) in [6, 6.07) is 0. The fourth-order valence-corrected chi connectivity index (χ4v) is 3.57. The summed E-state index contributed by atoms with van der Waals surface area (Å²) in [5.74, 6) is 1.31.